The molecule has 0 amide bonds. The van der Waals surface area contributed by atoms with Gasteiger partial charge in [-0.25, -0.2) is 9.37 Å². The Morgan fingerprint density at radius 2 is 1.78 bits per heavy atom. The molecule has 0 bridgehead atoms. The van der Waals surface area contributed by atoms with Gasteiger partial charge in [0, 0.05) is 17.2 Å². The van der Waals surface area contributed by atoms with E-state index in [1.165, 1.54) is 31.4 Å². The Balaban J connectivity index is 1.99. The first-order valence-electron chi connectivity index (χ1n) is 8.15. The highest BCUT2D eigenvalue weighted by Gasteiger charge is 2.23. The van der Waals surface area contributed by atoms with E-state index in [1.54, 1.807) is 6.07 Å². The number of ether oxygens (including phenoxy) is 1. The number of benzene rings is 3. The van der Waals surface area contributed by atoms with Crippen LogP contribution in [0.2, 0.25) is 0 Å². The van der Waals surface area contributed by atoms with Gasteiger partial charge in [0.05, 0.1) is 17.6 Å². The summed E-state index contributed by atoms with van der Waals surface area (Å²) >= 11 is 0. The number of nitrogens with one attached hydrogen (secondary N) is 1. The minimum atomic E-state index is -0.640. The van der Waals surface area contributed by atoms with E-state index in [0.717, 1.165) is 5.56 Å². The Kier molecular flexibility index (Phi) is 4.04. The lowest BCUT2D eigenvalue weighted by Gasteiger charge is -2.08. The molecule has 0 radical (unpaired) electrons. The van der Waals surface area contributed by atoms with E-state index in [4.69, 9.17) is 4.74 Å². The molecule has 0 aliphatic carbocycles. The molecule has 0 spiro atoms. The summed E-state index contributed by atoms with van der Waals surface area (Å²) in [5, 5.41) is 11.3. The van der Waals surface area contributed by atoms with Gasteiger partial charge in [0.25, 0.3) is 5.69 Å². The number of hydrogen-bond donors (Lipinski definition) is 1. The normalized spacial score (nSPS) is 10.9. The number of para-hydroxylation sites is 1. The fraction of sp³-hybridized carbons (Fsp3) is 0.0500. The molecule has 0 saturated heterocycles. The van der Waals surface area contributed by atoms with Gasteiger partial charge >= 0.3 is 0 Å². The van der Waals surface area contributed by atoms with E-state index < -0.39 is 10.7 Å². The first-order chi connectivity index (χ1) is 13.1. The highest BCUT2D eigenvalue weighted by Crippen LogP contribution is 2.39. The molecule has 4 aromatic rings. The molecule has 4 rings (SSSR count). The summed E-state index contributed by atoms with van der Waals surface area (Å²) in [5.74, 6) is 0.204. The Hall–Kier alpha value is -3.74. The molecule has 7 heteroatoms. The van der Waals surface area contributed by atoms with Crippen molar-refractivity contribution in [3.05, 3.63) is 76.6 Å². The molecular weight excluding hydrogens is 349 g/mol. The molecule has 0 aliphatic rings. The largest absolute Gasteiger partial charge is 0.494 e. The second-order valence-corrected chi connectivity index (χ2v) is 5.89. The van der Waals surface area contributed by atoms with Crippen LogP contribution < -0.4 is 4.74 Å². The zero-order valence-corrected chi connectivity index (χ0v) is 14.3. The molecular formula is C20H14FN3O3. The van der Waals surface area contributed by atoms with Gasteiger partial charge < -0.3 is 9.72 Å². The van der Waals surface area contributed by atoms with Crippen LogP contribution in [0.15, 0.2) is 60.7 Å². The lowest BCUT2D eigenvalue weighted by molar-refractivity contribution is -0.384. The predicted octanol–water partition coefficient (Wildman–Crippen LogP) is 4.95. The van der Waals surface area contributed by atoms with E-state index >= 15 is 4.39 Å². The minimum Gasteiger partial charge on any atom is -0.494 e. The summed E-state index contributed by atoms with van der Waals surface area (Å²) in [6, 6.07) is 16.8. The summed E-state index contributed by atoms with van der Waals surface area (Å²) in [4.78, 5) is 18.3. The summed E-state index contributed by atoms with van der Waals surface area (Å²) in [6.07, 6.45) is 0. The van der Waals surface area contributed by atoms with Crippen LogP contribution >= 0.6 is 0 Å². The van der Waals surface area contributed by atoms with E-state index in [-0.39, 0.29) is 22.3 Å². The third-order valence-corrected chi connectivity index (χ3v) is 4.33. The lowest BCUT2D eigenvalue weighted by Crippen LogP contribution is -1.96. The van der Waals surface area contributed by atoms with Gasteiger partial charge in [0.1, 0.15) is 22.6 Å². The van der Waals surface area contributed by atoms with E-state index in [2.05, 4.69) is 9.97 Å². The van der Waals surface area contributed by atoms with Crippen LogP contribution in [0.25, 0.3) is 33.5 Å². The maximum absolute atomic E-state index is 15.3. The molecule has 27 heavy (non-hydrogen) atoms. The number of aromatic nitrogens is 2. The third kappa shape index (κ3) is 2.79. The van der Waals surface area contributed by atoms with Gasteiger partial charge in [0.15, 0.2) is 5.82 Å². The van der Waals surface area contributed by atoms with Crippen molar-refractivity contribution in [3.63, 3.8) is 0 Å². The molecule has 0 aliphatic heterocycles. The zero-order chi connectivity index (χ0) is 19.0. The molecule has 0 saturated carbocycles. The number of imidazole rings is 1. The quantitative estimate of drug-likeness (QED) is 0.411. The van der Waals surface area contributed by atoms with Crippen LogP contribution in [-0.4, -0.2) is 22.0 Å². The lowest BCUT2D eigenvalue weighted by atomic mass is 10.0. The van der Waals surface area contributed by atoms with Crippen LogP contribution in [0.3, 0.4) is 0 Å². The number of methoxy groups -OCH3 is 1. The topological polar surface area (TPSA) is 81.1 Å². The van der Waals surface area contributed by atoms with Crippen molar-refractivity contribution < 1.29 is 14.1 Å². The maximum Gasteiger partial charge on any atom is 0.277 e. The summed E-state index contributed by atoms with van der Waals surface area (Å²) < 4.78 is 20.7. The first-order valence-corrected chi connectivity index (χ1v) is 8.15. The molecule has 134 valence electrons. The van der Waals surface area contributed by atoms with Crippen molar-refractivity contribution in [1.29, 1.82) is 0 Å². The molecule has 3 aromatic carbocycles. The Morgan fingerprint density at radius 3 is 2.48 bits per heavy atom. The average Bonchev–Trinajstić information content (AvgIpc) is 3.15. The molecule has 1 heterocycles. The number of hydrogen-bond acceptors (Lipinski definition) is 4. The summed E-state index contributed by atoms with van der Waals surface area (Å²) in [6.45, 7) is 0. The number of H-pyrrole nitrogens is 1. The molecule has 1 N–H and O–H groups in total. The SMILES string of the molecule is COc1cc(-c2ccccc2[N+](=O)[O-])c(F)c2nc(-c3ccccc3)[nH]c12. The number of rotatable bonds is 4. The third-order valence-electron chi connectivity index (χ3n) is 4.33. The standard InChI is InChI=1S/C20H14FN3O3/c1-27-16-11-14(13-9-5-6-10-15(13)24(25)26)17(21)19-18(16)22-20(23-19)12-7-3-2-4-8-12/h2-11H,1H3,(H,22,23). The van der Waals surface area contributed by atoms with Gasteiger partial charge in [-0.2, -0.15) is 0 Å². The van der Waals surface area contributed by atoms with Crippen molar-refractivity contribution in [2.45, 2.75) is 0 Å². The van der Waals surface area contributed by atoms with E-state index in [1.807, 2.05) is 30.3 Å². The predicted molar refractivity (Wildman–Crippen MR) is 100 cm³/mol. The van der Waals surface area contributed by atoms with Crippen LogP contribution in [0.5, 0.6) is 5.75 Å². The Labute approximate surface area is 153 Å². The van der Waals surface area contributed by atoms with Gasteiger partial charge in [-0.3, -0.25) is 10.1 Å². The molecule has 0 atom stereocenters. The molecule has 0 unspecified atom stereocenters. The fourth-order valence-electron chi connectivity index (χ4n) is 3.05. The molecule has 6 nitrogen and oxygen atoms in total. The monoisotopic (exact) mass is 363 g/mol. The highest BCUT2D eigenvalue weighted by atomic mass is 19.1. The second-order valence-electron chi connectivity index (χ2n) is 5.89. The van der Waals surface area contributed by atoms with E-state index in [0.29, 0.717) is 17.1 Å². The van der Waals surface area contributed by atoms with Gasteiger partial charge in [-0.1, -0.05) is 42.5 Å². The van der Waals surface area contributed by atoms with Crippen LogP contribution in [0, 0.1) is 15.9 Å². The van der Waals surface area contributed by atoms with Gasteiger partial charge in [0.2, 0.25) is 0 Å². The summed E-state index contributed by atoms with van der Waals surface area (Å²) in [5.41, 5.74) is 1.32. The van der Waals surface area contributed by atoms with Crippen molar-refractivity contribution in [2.75, 3.05) is 7.11 Å². The van der Waals surface area contributed by atoms with Crippen molar-refractivity contribution in [2.24, 2.45) is 0 Å². The molecule has 1 aromatic heterocycles. The Morgan fingerprint density at radius 1 is 1.07 bits per heavy atom. The Bertz CT molecular complexity index is 1160. The zero-order valence-electron chi connectivity index (χ0n) is 14.3. The number of fused-ring (bicyclic) bond motifs is 1. The summed E-state index contributed by atoms with van der Waals surface area (Å²) in [7, 11) is 1.46. The number of nitro benzene ring substituents is 1. The van der Waals surface area contributed by atoms with Crippen LogP contribution in [0.4, 0.5) is 10.1 Å². The number of aromatic amines is 1. The van der Waals surface area contributed by atoms with E-state index in [9.17, 15) is 10.1 Å². The highest BCUT2D eigenvalue weighted by molar-refractivity contribution is 5.92. The second kappa shape index (κ2) is 6.53. The first kappa shape index (κ1) is 16.7. The van der Waals surface area contributed by atoms with Crippen LogP contribution in [-0.2, 0) is 0 Å². The fourth-order valence-corrected chi connectivity index (χ4v) is 3.05. The number of nitrogens with zero attached hydrogens (tertiary/aromatic N) is 2. The van der Waals surface area contributed by atoms with Gasteiger partial charge in [-0.05, 0) is 12.1 Å². The molecule has 0 fully saturated rings. The van der Waals surface area contributed by atoms with Crippen LogP contribution in [0.1, 0.15) is 0 Å². The maximum atomic E-state index is 15.3. The minimum absolute atomic E-state index is 0.0674. The number of halogens is 1. The van der Waals surface area contributed by atoms with Crippen molar-refractivity contribution in [1.82, 2.24) is 9.97 Å². The average molecular weight is 363 g/mol. The van der Waals surface area contributed by atoms with Gasteiger partial charge in [-0.15, -0.1) is 0 Å². The van der Waals surface area contributed by atoms with Crippen molar-refractivity contribution >= 4 is 16.7 Å². The van der Waals surface area contributed by atoms with Crippen molar-refractivity contribution in [3.8, 4) is 28.3 Å². The number of nitro groups is 1. The smallest absolute Gasteiger partial charge is 0.277 e.